The zero-order valence-corrected chi connectivity index (χ0v) is 18.0. The van der Waals surface area contributed by atoms with E-state index in [1.54, 1.807) is 13.0 Å². The molecule has 172 valence electrons. The summed E-state index contributed by atoms with van der Waals surface area (Å²) in [5.41, 5.74) is 5.33. The van der Waals surface area contributed by atoms with Gasteiger partial charge in [-0.3, -0.25) is 14.7 Å². The molecule has 31 heavy (non-hydrogen) atoms. The molecule has 0 amide bonds. The number of sulfonamides is 1. The number of nitrogens with zero attached hydrogens (tertiary/aromatic N) is 2. The molecule has 0 spiro atoms. The molecule has 0 unspecified atom stereocenters. The Hall–Kier alpha value is -2.96. The second-order valence-corrected chi connectivity index (χ2v) is 8.26. The molecule has 1 aromatic heterocycles. The van der Waals surface area contributed by atoms with Crippen LogP contribution < -0.4 is 26.0 Å². The van der Waals surface area contributed by atoms with Gasteiger partial charge in [-0.05, 0) is 24.6 Å². The first-order valence-electron chi connectivity index (χ1n) is 9.25. The minimum Gasteiger partial charge on any atom is -0.490 e. The summed E-state index contributed by atoms with van der Waals surface area (Å²) < 4.78 is 65.4. The summed E-state index contributed by atoms with van der Waals surface area (Å²) in [4.78, 5) is 4.00. The van der Waals surface area contributed by atoms with E-state index in [9.17, 15) is 17.2 Å². The van der Waals surface area contributed by atoms with Gasteiger partial charge in [-0.15, -0.1) is 0 Å². The number of pyridine rings is 1. The first-order valence-corrected chi connectivity index (χ1v) is 10.9. The molecule has 2 aromatic rings. The topological polar surface area (TPSA) is 133 Å². The standard InChI is InChI=1S/C19H25F2N5O4S.H2/c1-3-8-31(27,28)25-17-5-4-15(20)19(18(17)21)26(23)12-16(22)13-9-14(11-24-10-13)30-7-6-29-2;/h4-5,9-12,25H,3,6-8,22-23H2,1-2H3;1H/b16-12-;. The van der Waals surface area contributed by atoms with Crippen molar-refractivity contribution in [1.82, 2.24) is 4.98 Å². The Labute approximate surface area is 181 Å². The van der Waals surface area contributed by atoms with Crippen LogP contribution in [0.3, 0.4) is 0 Å². The fraction of sp³-hybridized carbons (Fsp3) is 0.316. The highest BCUT2D eigenvalue weighted by atomic mass is 32.2. The highest BCUT2D eigenvalue weighted by molar-refractivity contribution is 7.92. The summed E-state index contributed by atoms with van der Waals surface area (Å²) >= 11 is 0. The van der Waals surface area contributed by atoms with E-state index in [1.165, 1.54) is 19.5 Å². The van der Waals surface area contributed by atoms with E-state index in [4.69, 9.17) is 21.1 Å². The van der Waals surface area contributed by atoms with E-state index in [-0.39, 0.29) is 12.9 Å². The Morgan fingerprint density at radius 1 is 1.32 bits per heavy atom. The number of rotatable bonds is 11. The van der Waals surface area contributed by atoms with Crippen LogP contribution in [0.1, 0.15) is 20.3 Å². The number of aromatic nitrogens is 1. The van der Waals surface area contributed by atoms with Crippen molar-refractivity contribution >= 4 is 27.1 Å². The van der Waals surface area contributed by atoms with Gasteiger partial charge in [-0.2, -0.15) is 0 Å². The Morgan fingerprint density at radius 3 is 2.74 bits per heavy atom. The number of methoxy groups -OCH3 is 1. The predicted molar refractivity (Wildman–Crippen MR) is 117 cm³/mol. The van der Waals surface area contributed by atoms with Gasteiger partial charge < -0.3 is 15.2 Å². The number of hydrazine groups is 1. The molecule has 0 aliphatic heterocycles. The second-order valence-electron chi connectivity index (χ2n) is 6.42. The molecule has 0 aliphatic carbocycles. The SMILES string of the molecule is CCCS(=O)(=O)Nc1ccc(F)c(N(N)/C=C(\N)c2cncc(OCCOC)c2)c1F.[HH]. The number of nitrogens with one attached hydrogen (secondary N) is 1. The van der Waals surface area contributed by atoms with E-state index < -0.39 is 33.0 Å². The number of nitrogens with two attached hydrogens (primary N) is 2. The summed E-state index contributed by atoms with van der Waals surface area (Å²) in [6, 6.07) is 3.45. The molecule has 0 atom stereocenters. The van der Waals surface area contributed by atoms with Crippen molar-refractivity contribution in [3.05, 3.63) is 54.0 Å². The number of ether oxygens (including phenoxy) is 2. The molecular weight excluding hydrogens is 432 g/mol. The molecule has 0 aliphatic rings. The van der Waals surface area contributed by atoms with Gasteiger partial charge in [0.25, 0.3) is 0 Å². The molecule has 0 saturated heterocycles. The van der Waals surface area contributed by atoms with Crippen LogP contribution in [-0.2, 0) is 14.8 Å². The minimum atomic E-state index is -3.79. The summed E-state index contributed by atoms with van der Waals surface area (Å²) in [5, 5.41) is 0.635. The maximum Gasteiger partial charge on any atom is 0.232 e. The molecule has 1 aromatic carbocycles. The van der Waals surface area contributed by atoms with Gasteiger partial charge in [-0.25, -0.2) is 23.0 Å². The van der Waals surface area contributed by atoms with Gasteiger partial charge in [0.15, 0.2) is 11.6 Å². The monoisotopic (exact) mass is 459 g/mol. The molecule has 2 rings (SSSR count). The van der Waals surface area contributed by atoms with Gasteiger partial charge in [0, 0.05) is 26.5 Å². The number of anilines is 2. The van der Waals surface area contributed by atoms with Crippen LogP contribution in [0.5, 0.6) is 5.75 Å². The molecule has 12 heteroatoms. The molecule has 0 fully saturated rings. The molecule has 1 heterocycles. The lowest BCUT2D eigenvalue weighted by Gasteiger charge is -2.19. The van der Waals surface area contributed by atoms with Crippen LogP contribution in [0.2, 0.25) is 0 Å². The highest BCUT2D eigenvalue weighted by Gasteiger charge is 2.20. The number of hydrogen-bond donors (Lipinski definition) is 3. The zero-order chi connectivity index (χ0) is 23.0. The first kappa shape index (κ1) is 24.3. The van der Waals surface area contributed by atoms with Crippen LogP contribution in [0.4, 0.5) is 20.2 Å². The van der Waals surface area contributed by atoms with Crippen LogP contribution in [-0.4, -0.2) is 39.5 Å². The number of halogens is 2. The lowest BCUT2D eigenvalue weighted by molar-refractivity contribution is 0.146. The molecule has 0 radical (unpaired) electrons. The minimum absolute atomic E-state index is 0. The molecule has 5 N–H and O–H groups in total. The third kappa shape index (κ3) is 6.77. The van der Waals surface area contributed by atoms with Gasteiger partial charge in [0.1, 0.15) is 18.0 Å². The van der Waals surface area contributed by atoms with Crippen molar-refractivity contribution < 1.29 is 28.1 Å². The van der Waals surface area contributed by atoms with E-state index in [2.05, 4.69) is 9.71 Å². The van der Waals surface area contributed by atoms with Crippen molar-refractivity contribution in [2.24, 2.45) is 11.6 Å². The van der Waals surface area contributed by atoms with E-state index in [0.29, 0.717) is 36.0 Å². The molecule has 9 nitrogen and oxygen atoms in total. The van der Waals surface area contributed by atoms with Crippen molar-refractivity contribution in [1.29, 1.82) is 0 Å². The average molecular weight is 460 g/mol. The van der Waals surface area contributed by atoms with Crippen LogP contribution in [0.15, 0.2) is 36.8 Å². The Morgan fingerprint density at radius 2 is 2.06 bits per heavy atom. The zero-order valence-electron chi connectivity index (χ0n) is 17.1. The van der Waals surface area contributed by atoms with Gasteiger partial charge in [0.2, 0.25) is 10.0 Å². The number of hydrogen-bond acceptors (Lipinski definition) is 8. The first-order chi connectivity index (χ1) is 14.7. The summed E-state index contributed by atoms with van der Waals surface area (Å²) in [6.45, 7) is 2.34. The fourth-order valence-corrected chi connectivity index (χ4v) is 3.66. The highest BCUT2D eigenvalue weighted by Crippen LogP contribution is 2.29. The second kappa shape index (κ2) is 10.9. The smallest absolute Gasteiger partial charge is 0.232 e. The molecule has 0 bridgehead atoms. The number of benzene rings is 1. The van der Waals surface area contributed by atoms with Crippen LogP contribution in [0.25, 0.3) is 5.70 Å². The van der Waals surface area contributed by atoms with E-state index in [0.717, 1.165) is 18.3 Å². The van der Waals surface area contributed by atoms with Crippen LogP contribution in [0, 0.1) is 11.6 Å². The van der Waals surface area contributed by atoms with Crippen molar-refractivity contribution in [2.75, 3.05) is 35.8 Å². The Bertz CT molecular complexity index is 1040. The maximum atomic E-state index is 14.8. The van der Waals surface area contributed by atoms with E-state index in [1.807, 2.05) is 0 Å². The lowest BCUT2D eigenvalue weighted by atomic mass is 10.2. The predicted octanol–water partition coefficient (Wildman–Crippen LogP) is 2.42. The van der Waals surface area contributed by atoms with Gasteiger partial charge in [0.05, 0.1) is 29.9 Å². The van der Waals surface area contributed by atoms with Crippen molar-refractivity contribution in [3.63, 3.8) is 0 Å². The Balaban J connectivity index is 0.00000512. The molecule has 0 saturated carbocycles. The molecular formula is C19H27F2N5O4S. The largest absolute Gasteiger partial charge is 0.490 e. The third-order valence-corrected chi connectivity index (χ3v) is 5.42. The average Bonchev–Trinajstić information content (AvgIpc) is 2.70. The third-order valence-electron chi connectivity index (χ3n) is 3.94. The normalized spacial score (nSPS) is 12.0. The van der Waals surface area contributed by atoms with E-state index >= 15 is 0 Å². The van der Waals surface area contributed by atoms with Crippen LogP contribution >= 0.6 is 0 Å². The maximum absolute atomic E-state index is 14.8. The van der Waals surface area contributed by atoms with Crippen molar-refractivity contribution in [3.8, 4) is 5.75 Å². The van der Waals surface area contributed by atoms with Crippen molar-refractivity contribution in [2.45, 2.75) is 13.3 Å². The fourth-order valence-electron chi connectivity index (χ4n) is 2.53. The Kier molecular flexibility index (Phi) is 8.54. The quantitative estimate of drug-likeness (QED) is 0.265. The summed E-state index contributed by atoms with van der Waals surface area (Å²) in [6.07, 6.45) is 4.31. The van der Waals surface area contributed by atoms with Gasteiger partial charge >= 0.3 is 0 Å². The summed E-state index contributed by atoms with van der Waals surface area (Å²) in [7, 11) is -2.25. The van der Waals surface area contributed by atoms with Gasteiger partial charge in [-0.1, -0.05) is 6.92 Å². The lowest BCUT2D eigenvalue weighted by Crippen LogP contribution is -2.28. The summed E-state index contributed by atoms with van der Waals surface area (Å²) in [5.74, 6) is 3.83.